The van der Waals surface area contributed by atoms with Crippen LogP contribution in [0, 0.1) is 0 Å². The normalized spacial score (nSPS) is 10.9. The van der Waals surface area contributed by atoms with Gasteiger partial charge in [-0.3, -0.25) is 9.10 Å². The molecule has 0 spiro atoms. The molecule has 0 heterocycles. The third-order valence-electron chi connectivity index (χ3n) is 5.39. The average Bonchev–Trinajstić information content (AvgIpc) is 2.90. The van der Waals surface area contributed by atoms with Gasteiger partial charge in [-0.1, -0.05) is 15.9 Å². The van der Waals surface area contributed by atoms with Crippen molar-refractivity contribution in [1.29, 1.82) is 0 Å². The minimum Gasteiger partial charge on any atom is -0.494 e. The summed E-state index contributed by atoms with van der Waals surface area (Å²) >= 11 is 3.32. The Morgan fingerprint density at radius 2 is 1.54 bits per heavy atom. The summed E-state index contributed by atoms with van der Waals surface area (Å²) in [6.45, 7) is 1.97. The molecule has 0 saturated heterocycles. The van der Waals surface area contributed by atoms with E-state index in [4.69, 9.17) is 18.9 Å². The van der Waals surface area contributed by atoms with Crippen molar-refractivity contribution in [3.05, 3.63) is 70.7 Å². The smallest absolute Gasteiger partial charge is 0.264 e. The molecule has 0 atom stereocenters. The number of hydrogen-bond donors (Lipinski definition) is 1. The molecule has 0 unspecified atom stereocenters. The molecule has 3 aromatic carbocycles. The molecule has 0 fully saturated rings. The third-order valence-corrected chi connectivity index (χ3v) is 7.70. The summed E-state index contributed by atoms with van der Waals surface area (Å²) in [6.07, 6.45) is 0. The fourth-order valence-corrected chi connectivity index (χ4v) is 5.29. The lowest BCUT2D eigenvalue weighted by atomic mass is 10.1. The highest BCUT2D eigenvalue weighted by Gasteiger charge is 2.27. The van der Waals surface area contributed by atoms with Crippen LogP contribution in [0.4, 0.5) is 5.69 Å². The summed E-state index contributed by atoms with van der Waals surface area (Å²) in [6, 6.07) is 16.2. The minimum atomic E-state index is -4.06. The second-order valence-electron chi connectivity index (χ2n) is 7.66. The Labute approximate surface area is 225 Å². The summed E-state index contributed by atoms with van der Waals surface area (Å²) in [5.74, 6) is 1.37. The molecule has 11 heteroatoms. The summed E-state index contributed by atoms with van der Waals surface area (Å²) in [4.78, 5) is 13.1. The molecule has 0 aromatic heterocycles. The second kappa shape index (κ2) is 12.7. The van der Waals surface area contributed by atoms with E-state index < -0.39 is 22.5 Å². The first-order chi connectivity index (χ1) is 17.7. The second-order valence-corrected chi connectivity index (χ2v) is 10.4. The van der Waals surface area contributed by atoms with Crippen molar-refractivity contribution in [3.63, 3.8) is 0 Å². The van der Waals surface area contributed by atoms with Gasteiger partial charge in [0.05, 0.1) is 38.5 Å². The van der Waals surface area contributed by atoms with Crippen LogP contribution in [-0.2, 0) is 21.4 Å². The number of carbonyl (C=O) groups excluding carboxylic acids is 1. The number of anilines is 1. The topological polar surface area (TPSA) is 103 Å². The predicted molar refractivity (Wildman–Crippen MR) is 144 cm³/mol. The Balaban J connectivity index is 1.88. The number of ether oxygens (including phenoxy) is 4. The SMILES string of the molecule is CCOc1ccc(N(CC(=O)NCc2ccc(OC)c(OC)c2OC)S(=O)(=O)c2ccc(Br)cc2)cc1. The van der Waals surface area contributed by atoms with Crippen LogP contribution in [0.5, 0.6) is 23.0 Å². The molecule has 0 saturated carbocycles. The van der Waals surface area contributed by atoms with Gasteiger partial charge in [0.1, 0.15) is 12.3 Å². The molecular weight excluding hydrogens is 564 g/mol. The van der Waals surface area contributed by atoms with Gasteiger partial charge in [0.15, 0.2) is 11.5 Å². The molecule has 1 amide bonds. The fraction of sp³-hybridized carbons (Fsp3) is 0.269. The number of halogens is 1. The lowest BCUT2D eigenvalue weighted by Crippen LogP contribution is -2.40. The number of hydrogen-bond acceptors (Lipinski definition) is 7. The number of sulfonamides is 1. The molecule has 0 aliphatic rings. The quantitative estimate of drug-likeness (QED) is 0.333. The van der Waals surface area contributed by atoms with Gasteiger partial charge in [-0.25, -0.2) is 8.42 Å². The summed E-state index contributed by atoms with van der Waals surface area (Å²) in [5.41, 5.74) is 0.960. The highest BCUT2D eigenvalue weighted by atomic mass is 79.9. The van der Waals surface area contributed by atoms with E-state index in [1.54, 1.807) is 48.5 Å². The zero-order valence-corrected chi connectivity index (χ0v) is 23.4. The van der Waals surface area contributed by atoms with Gasteiger partial charge in [-0.05, 0) is 67.6 Å². The van der Waals surface area contributed by atoms with E-state index in [2.05, 4.69) is 21.2 Å². The molecule has 3 rings (SSSR count). The van der Waals surface area contributed by atoms with E-state index >= 15 is 0 Å². The van der Waals surface area contributed by atoms with Gasteiger partial charge in [0.2, 0.25) is 11.7 Å². The van der Waals surface area contributed by atoms with E-state index in [9.17, 15) is 13.2 Å². The van der Waals surface area contributed by atoms with Crippen LogP contribution < -0.4 is 28.6 Å². The maximum atomic E-state index is 13.6. The molecule has 198 valence electrons. The lowest BCUT2D eigenvalue weighted by molar-refractivity contribution is -0.119. The first kappa shape index (κ1) is 28.1. The van der Waals surface area contributed by atoms with Crippen LogP contribution in [-0.4, -0.2) is 48.8 Å². The van der Waals surface area contributed by atoms with E-state index in [-0.39, 0.29) is 11.4 Å². The van der Waals surface area contributed by atoms with Crippen molar-refractivity contribution < 1.29 is 32.2 Å². The van der Waals surface area contributed by atoms with Crippen LogP contribution in [0.25, 0.3) is 0 Å². The third kappa shape index (κ3) is 6.66. The van der Waals surface area contributed by atoms with Gasteiger partial charge in [0, 0.05) is 16.6 Å². The molecular formula is C26H29BrN2O7S. The highest BCUT2D eigenvalue weighted by Crippen LogP contribution is 2.39. The minimum absolute atomic E-state index is 0.0546. The van der Waals surface area contributed by atoms with Gasteiger partial charge in [-0.2, -0.15) is 0 Å². The molecule has 0 radical (unpaired) electrons. The molecule has 0 aliphatic heterocycles. The zero-order valence-electron chi connectivity index (χ0n) is 21.0. The Kier molecular flexibility index (Phi) is 9.65. The highest BCUT2D eigenvalue weighted by molar-refractivity contribution is 9.10. The first-order valence-electron chi connectivity index (χ1n) is 11.3. The van der Waals surface area contributed by atoms with Crippen molar-refractivity contribution in [2.75, 3.05) is 38.8 Å². The van der Waals surface area contributed by atoms with E-state index in [1.807, 2.05) is 6.92 Å². The van der Waals surface area contributed by atoms with Crippen molar-refractivity contribution in [1.82, 2.24) is 5.32 Å². The number of benzene rings is 3. The van der Waals surface area contributed by atoms with Gasteiger partial charge in [0.25, 0.3) is 10.0 Å². The van der Waals surface area contributed by atoms with Gasteiger partial charge in [-0.15, -0.1) is 0 Å². The van der Waals surface area contributed by atoms with E-state index in [0.717, 1.165) is 8.78 Å². The first-order valence-corrected chi connectivity index (χ1v) is 13.5. The largest absolute Gasteiger partial charge is 0.494 e. The van der Waals surface area contributed by atoms with Gasteiger partial charge >= 0.3 is 0 Å². The monoisotopic (exact) mass is 592 g/mol. The van der Waals surface area contributed by atoms with Crippen LogP contribution >= 0.6 is 15.9 Å². The van der Waals surface area contributed by atoms with Crippen LogP contribution in [0.1, 0.15) is 12.5 Å². The predicted octanol–water partition coefficient (Wildman–Crippen LogP) is 4.39. The number of rotatable bonds is 12. The molecule has 0 aliphatic carbocycles. The van der Waals surface area contributed by atoms with Crippen molar-refractivity contribution in [2.45, 2.75) is 18.4 Å². The van der Waals surface area contributed by atoms with Crippen molar-refractivity contribution in [2.24, 2.45) is 0 Å². The van der Waals surface area contributed by atoms with Gasteiger partial charge < -0.3 is 24.3 Å². The van der Waals surface area contributed by atoms with Crippen LogP contribution in [0.2, 0.25) is 0 Å². The lowest BCUT2D eigenvalue weighted by Gasteiger charge is -2.24. The van der Waals surface area contributed by atoms with Crippen molar-refractivity contribution in [3.8, 4) is 23.0 Å². The molecule has 0 bridgehead atoms. The fourth-order valence-electron chi connectivity index (χ4n) is 3.61. The number of carbonyl (C=O) groups is 1. The Bertz CT molecular complexity index is 1310. The van der Waals surface area contributed by atoms with E-state index in [0.29, 0.717) is 40.9 Å². The molecule has 3 aromatic rings. The van der Waals surface area contributed by atoms with Crippen LogP contribution in [0.15, 0.2) is 70.0 Å². The average molecular weight is 593 g/mol. The number of nitrogens with zero attached hydrogens (tertiary/aromatic N) is 1. The number of nitrogens with one attached hydrogen (secondary N) is 1. The number of methoxy groups -OCH3 is 3. The van der Waals surface area contributed by atoms with E-state index in [1.165, 1.54) is 33.5 Å². The standard InChI is InChI=1S/C26H29BrN2O7S/c1-5-36-21-11-9-20(10-12-21)29(37(31,32)22-13-7-19(27)8-14-22)17-24(30)28-16-18-6-15-23(33-2)26(35-4)25(18)34-3/h6-15H,5,16-17H2,1-4H3,(H,28,30). The summed E-state index contributed by atoms with van der Waals surface area (Å²) in [7, 11) is 0.435. The van der Waals surface area contributed by atoms with Crippen LogP contribution in [0.3, 0.4) is 0 Å². The summed E-state index contributed by atoms with van der Waals surface area (Å²) < 4.78 is 50.6. The number of amides is 1. The summed E-state index contributed by atoms with van der Waals surface area (Å²) in [5, 5.41) is 2.77. The maximum Gasteiger partial charge on any atom is 0.264 e. The molecule has 37 heavy (non-hydrogen) atoms. The van der Waals surface area contributed by atoms with Crippen molar-refractivity contribution >= 4 is 37.5 Å². The molecule has 1 N–H and O–H groups in total. The maximum absolute atomic E-state index is 13.6. The molecule has 9 nitrogen and oxygen atoms in total. The Morgan fingerprint density at radius 1 is 0.892 bits per heavy atom. The zero-order chi connectivity index (χ0) is 27.0. The Morgan fingerprint density at radius 3 is 2.11 bits per heavy atom. The Hall–Kier alpha value is -3.44.